The molecule has 4 aromatic rings. The van der Waals surface area contributed by atoms with E-state index in [0.29, 0.717) is 52.0 Å². The van der Waals surface area contributed by atoms with E-state index >= 15 is 0 Å². The van der Waals surface area contributed by atoms with E-state index in [2.05, 4.69) is 44.6 Å². The van der Waals surface area contributed by atoms with Gasteiger partial charge in [-0.3, -0.25) is 10.3 Å². The van der Waals surface area contributed by atoms with Gasteiger partial charge in [-0.2, -0.15) is 0 Å². The van der Waals surface area contributed by atoms with Crippen molar-refractivity contribution < 1.29 is 14.6 Å². The molecule has 180 valence electrons. The van der Waals surface area contributed by atoms with E-state index < -0.39 is 0 Å². The number of ether oxygens (including phenoxy) is 1. The number of para-hydroxylation sites is 1. The predicted octanol–water partition coefficient (Wildman–Crippen LogP) is 4.90. The molecular weight excluding hydrogens is 442 g/mol. The average molecular weight is 472 g/mol. The summed E-state index contributed by atoms with van der Waals surface area (Å²) in [5.74, 6) is 1.36. The van der Waals surface area contributed by atoms with Crippen molar-refractivity contribution in [3.8, 4) is 17.0 Å². The van der Waals surface area contributed by atoms with Gasteiger partial charge < -0.3 is 15.2 Å². The Labute approximate surface area is 204 Å². The molecule has 0 aliphatic heterocycles. The van der Waals surface area contributed by atoms with Crippen LogP contribution in [0.3, 0.4) is 0 Å². The van der Waals surface area contributed by atoms with Crippen molar-refractivity contribution in [2.45, 2.75) is 32.3 Å². The fourth-order valence-electron chi connectivity index (χ4n) is 3.97. The van der Waals surface area contributed by atoms with Crippen LogP contribution in [0.15, 0.2) is 66.9 Å². The predicted molar refractivity (Wildman–Crippen MR) is 136 cm³/mol. The second kappa shape index (κ2) is 11.4. The molecule has 0 fully saturated rings. The minimum Gasteiger partial charge on any atom is -0.496 e. The molecule has 0 aliphatic rings. The van der Waals surface area contributed by atoms with Gasteiger partial charge in [0.05, 0.1) is 25.6 Å². The lowest BCUT2D eigenvalue weighted by atomic mass is 9.96. The number of urea groups is 1. The SMILES string of the molecule is COc1c(CO)cccc1-c1cnc2ccc(NC(=O)NCCC[C@@H](C)c3ccccc3)nc2n1. The molecule has 0 bridgehead atoms. The number of amides is 2. The van der Waals surface area contributed by atoms with E-state index in [4.69, 9.17) is 4.74 Å². The number of benzene rings is 2. The molecule has 0 spiro atoms. The van der Waals surface area contributed by atoms with Crippen molar-refractivity contribution in [2.24, 2.45) is 0 Å². The molecular formula is C27H29N5O3. The van der Waals surface area contributed by atoms with E-state index in [0.717, 1.165) is 12.8 Å². The van der Waals surface area contributed by atoms with Crippen molar-refractivity contribution in [3.05, 3.63) is 78.0 Å². The Bertz CT molecular complexity index is 1300. The number of nitrogens with one attached hydrogen (secondary N) is 2. The highest BCUT2D eigenvalue weighted by molar-refractivity contribution is 5.89. The zero-order chi connectivity index (χ0) is 24.6. The number of rotatable bonds is 9. The summed E-state index contributed by atoms with van der Waals surface area (Å²) in [7, 11) is 1.55. The number of carbonyl (C=O) groups excluding carboxylic acids is 1. The van der Waals surface area contributed by atoms with Gasteiger partial charge in [-0.25, -0.2) is 14.8 Å². The zero-order valence-corrected chi connectivity index (χ0v) is 19.9. The first-order valence-electron chi connectivity index (χ1n) is 11.6. The van der Waals surface area contributed by atoms with Gasteiger partial charge in [-0.15, -0.1) is 0 Å². The van der Waals surface area contributed by atoms with Crippen molar-refractivity contribution >= 4 is 23.0 Å². The van der Waals surface area contributed by atoms with Gasteiger partial charge in [-0.1, -0.05) is 49.4 Å². The van der Waals surface area contributed by atoms with Gasteiger partial charge in [0.1, 0.15) is 17.1 Å². The van der Waals surface area contributed by atoms with Crippen LogP contribution in [0.25, 0.3) is 22.4 Å². The fraction of sp³-hybridized carbons (Fsp3) is 0.259. The third-order valence-corrected chi connectivity index (χ3v) is 5.86. The molecule has 2 amide bonds. The average Bonchev–Trinajstić information content (AvgIpc) is 2.90. The number of hydrogen-bond acceptors (Lipinski definition) is 6. The molecule has 8 heteroatoms. The highest BCUT2D eigenvalue weighted by Gasteiger charge is 2.13. The lowest BCUT2D eigenvalue weighted by Crippen LogP contribution is -2.30. The number of hydrogen-bond donors (Lipinski definition) is 3. The number of aliphatic hydroxyl groups is 1. The summed E-state index contributed by atoms with van der Waals surface area (Å²) in [4.78, 5) is 25.9. The Balaban J connectivity index is 1.39. The van der Waals surface area contributed by atoms with Gasteiger partial charge in [0.25, 0.3) is 0 Å². The van der Waals surface area contributed by atoms with Crippen LogP contribution in [0, 0.1) is 0 Å². The Morgan fingerprint density at radius 1 is 1.06 bits per heavy atom. The van der Waals surface area contributed by atoms with E-state index in [1.54, 1.807) is 31.5 Å². The molecule has 0 aliphatic carbocycles. The summed E-state index contributed by atoms with van der Waals surface area (Å²) in [6.07, 6.45) is 3.50. The summed E-state index contributed by atoms with van der Waals surface area (Å²) in [6, 6.07) is 19.0. The van der Waals surface area contributed by atoms with Crippen LogP contribution >= 0.6 is 0 Å². The Kier molecular flexibility index (Phi) is 7.84. The first kappa shape index (κ1) is 24.1. The maximum atomic E-state index is 12.4. The summed E-state index contributed by atoms with van der Waals surface area (Å²) >= 11 is 0. The molecule has 2 aromatic heterocycles. The minimum atomic E-state index is -0.314. The topological polar surface area (TPSA) is 109 Å². The molecule has 0 unspecified atom stereocenters. The van der Waals surface area contributed by atoms with Crippen LogP contribution in [-0.4, -0.2) is 39.7 Å². The minimum absolute atomic E-state index is 0.148. The van der Waals surface area contributed by atoms with E-state index in [1.165, 1.54) is 5.56 Å². The Morgan fingerprint density at radius 3 is 2.66 bits per heavy atom. The van der Waals surface area contributed by atoms with Crippen molar-refractivity contribution in [1.82, 2.24) is 20.3 Å². The molecule has 0 saturated carbocycles. The monoisotopic (exact) mass is 471 g/mol. The lowest BCUT2D eigenvalue weighted by molar-refractivity contribution is 0.251. The molecule has 35 heavy (non-hydrogen) atoms. The van der Waals surface area contributed by atoms with Crippen LogP contribution < -0.4 is 15.4 Å². The number of pyridine rings is 1. The highest BCUT2D eigenvalue weighted by Crippen LogP contribution is 2.32. The van der Waals surface area contributed by atoms with E-state index in [-0.39, 0.29) is 12.6 Å². The summed E-state index contributed by atoms with van der Waals surface area (Å²) in [5.41, 5.74) is 4.23. The van der Waals surface area contributed by atoms with Gasteiger partial charge in [-0.05, 0) is 42.5 Å². The van der Waals surface area contributed by atoms with Crippen LogP contribution in [0.1, 0.15) is 36.8 Å². The smallest absolute Gasteiger partial charge is 0.320 e. The van der Waals surface area contributed by atoms with E-state index in [1.807, 2.05) is 30.3 Å². The van der Waals surface area contributed by atoms with Gasteiger partial charge in [0.2, 0.25) is 0 Å². The molecule has 4 rings (SSSR count). The molecule has 2 aromatic carbocycles. The van der Waals surface area contributed by atoms with Gasteiger partial charge >= 0.3 is 6.03 Å². The number of methoxy groups -OCH3 is 1. The standard InChI is InChI=1S/C27H29N5O3/c1-18(19-9-4-3-5-10-19)8-7-15-28-27(34)32-24-14-13-22-26(31-24)30-23(16-29-22)21-12-6-11-20(17-33)25(21)35-2/h3-6,9-14,16,18,33H,7-8,15,17H2,1-2H3,(H2,28,30,31,32,34)/t18-/m1/s1. The first-order chi connectivity index (χ1) is 17.1. The molecule has 8 nitrogen and oxygen atoms in total. The van der Waals surface area contributed by atoms with E-state index in [9.17, 15) is 9.90 Å². The fourth-order valence-corrected chi connectivity index (χ4v) is 3.97. The van der Waals surface area contributed by atoms with Crippen molar-refractivity contribution in [1.29, 1.82) is 0 Å². The largest absolute Gasteiger partial charge is 0.496 e. The normalized spacial score (nSPS) is 11.7. The second-order valence-electron chi connectivity index (χ2n) is 8.29. The van der Waals surface area contributed by atoms with Crippen LogP contribution in [0.2, 0.25) is 0 Å². The molecule has 2 heterocycles. The number of carbonyl (C=O) groups is 1. The Hall–Kier alpha value is -4.04. The van der Waals surface area contributed by atoms with Crippen molar-refractivity contribution in [2.75, 3.05) is 19.0 Å². The number of aliphatic hydroxyl groups excluding tert-OH is 1. The number of aromatic nitrogens is 3. The summed E-state index contributed by atoms with van der Waals surface area (Å²) < 4.78 is 5.48. The van der Waals surface area contributed by atoms with Crippen LogP contribution in [-0.2, 0) is 6.61 Å². The second-order valence-corrected chi connectivity index (χ2v) is 8.29. The number of fused-ring (bicyclic) bond motifs is 1. The summed E-state index contributed by atoms with van der Waals surface area (Å²) in [6.45, 7) is 2.62. The maximum Gasteiger partial charge on any atom is 0.320 e. The zero-order valence-electron chi connectivity index (χ0n) is 19.9. The van der Waals surface area contributed by atoms with Crippen LogP contribution in [0.5, 0.6) is 5.75 Å². The maximum absolute atomic E-state index is 12.4. The third kappa shape index (κ3) is 5.91. The Morgan fingerprint density at radius 2 is 1.89 bits per heavy atom. The van der Waals surface area contributed by atoms with Gasteiger partial charge in [0.15, 0.2) is 5.65 Å². The molecule has 1 atom stereocenters. The lowest BCUT2D eigenvalue weighted by Gasteiger charge is -2.13. The van der Waals surface area contributed by atoms with Gasteiger partial charge in [0, 0.05) is 17.7 Å². The molecule has 0 radical (unpaired) electrons. The summed E-state index contributed by atoms with van der Waals surface area (Å²) in [5, 5.41) is 15.2. The van der Waals surface area contributed by atoms with Crippen molar-refractivity contribution in [3.63, 3.8) is 0 Å². The number of anilines is 1. The number of nitrogens with zero attached hydrogens (tertiary/aromatic N) is 3. The van der Waals surface area contributed by atoms with Crippen LogP contribution in [0.4, 0.5) is 10.6 Å². The quantitative estimate of drug-likeness (QED) is 0.300. The first-order valence-corrected chi connectivity index (χ1v) is 11.6. The molecule has 3 N–H and O–H groups in total. The highest BCUT2D eigenvalue weighted by atomic mass is 16.5. The molecule has 0 saturated heterocycles. The third-order valence-electron chi connectivity index (χ3n) is 5.86.